The fourth-order valence-corrected chi connectivity index (χ4v) is 1.37. The van der Waals surface area contributed by atoms with E-state index in [0.29, 0.717) is 0 Å². The third-order valence-electron chi connectivity index (χ3n) is 2.01. The molecule has 0 radical (unpaired) electrons. The molecule has 2 rings (SSSR count). The molecule has 0 aromatic carbocycles. The number of aromatic nitrogens is 2. The molecule has 6 nitrogen and oxygen atoms in total. The van der Waals surface area contributed by atoms with E-state index in [-0.39, 0.29) is 16.8 Å². The van der Waals surface area contributed by atoms with Gasteiger partial charge in [-0.1, -0.05) is 0 Å². The van der Waals surface area contributed by atoms with Crippen molar-refractivity contribution in [1.29, 1.82) is 0 Å². The number of nitrogens with zero attached hydrogens (tertiary/aromatic N) is 2. The van der Waals surface area contributed by atoms with Crippen LogP contribution in [-0.2, 0) is 0 Å². The minimum Gasteiger partial charge on any atom is -0.478 e. The molecule has 0 aliphatic rings. The van der Waals surface area contributed by atoms with Gasteiger partial charge >= 0.3 is 11.9 Å². The number of fused-ring (bicyclic) bond motifs is 1. The van der Waals surface area contributed by atoms with Crippen LogP contribution in [0.1, 0.15) is 20.7 Å². The molecule has 0 bridgehead atoms. The van der Waals surface area contributed by atoms with Crippen molar-refractivity contribution >= 4 is 17.6 Å². The number of imidazole rings is 1. The molecule has 0 aliphatic carbocycles. The van der Waals surface area contributed by atoms with Gasteiger partial charge in [-0.05, 0) is 6.07 Å². The first-order valence-electron chi connectivity index (χ1n) is 4.03. The van der Waals surface area contributed by atoms with Gasteiger partial charge in [0.2, 0.25) is 0 Å². The Labute approximate surface area is 83.4 Å². The van der Waals surface area contributed by atoms with E-state index in [1.54, 1.807) is 6.20 Å². The topological polar surface area (TPSA) is 91.9 Å². The Balaban J connectivity index is 2.87. The van der Waals surface area contributed by atoms with Crippen molar-refractivity contribution in [2.45, 2.75) is 0 Å². The summed E-state index contributed by atoms with van der Waals surface area (Å²) >= 11 is 0. The zero-order valence-corrected chi connectivity index (χ0v) is 7.41. The number of hydrogen-bond donors (Lipinski definition) is 2. The SMILES string of the molecule is O=C(O)c1ccn2ccnc2c1C(=O)O. The third-order valence-corrected chi connectivity index (χ3v) is 2.01. The Morgan fingerprint density at radius 3 is 2.53 bits per heavy atom. The minimum atomic E-state index is -1.30. The smallest absolute Gasteiger partial charge is 0.340 e. The molecule has 2 N–H and O–H groups in total. The quantitative estimate of drug-likeness (QED) is 0.755. The molecule has 0 amide bonds. The fraction of sp³-hybridized carbons (Fsp3) is 0. The highest BCUT2D eigenvalue weighted by molar-refractivity contribution is 6.05. The van der Waals surface area contributed by atoms with Crippen LogP contribution in [0.15, 0.2) is 24.7 Å². The molecule has 6 heteroatoms. The van der Waals surface area contributed by atoms with Crippen molar-refractivity contribution in [2.24, 2.45) is 0 Å². The van der Waals surface area contributed by atoms with Crippen LogP contribution in [0.5, 0.6) is 0 Å². The summed E-state index contributed by atoms with van der Waals surface area (Å²) in [4.78, 5) is 25.5. The lowest BCUT2D eigenvalue weighted by Gasteiger charge is -2.02. The molecule has 15 heavy (non-hydrogen) atoms. The monoisotopic (exact) mass is 206 g/mol. The third kappa shape index (κ3) is 1.32. The Hall–Kier alpha value is -2.37. The van der Waals surface area contributed by atoms with Gasteiger partial charge in [0.25, 0.3) is 0 Å². The van der Waals surface area contributed by atoms with Crippen molar-refractivity contribution in [3.05, 3.63) is 35.8 Å². The van der Waals surface area contributed by atoms with Crippen LogP contribution in [0, 0.1) is 0 Å². The van der Waals surface area contributed by atoms with Gasteiger partial charge in [0, 0.05) is 18.6 Å². The van der Waals surface area contributed by atoms with Crippen molar-refractivity contribution in [3.63, 3.8) is 0 Å². The van der Waals surface area contributed by atoms with E-state index in [1.807, 2.05) is 0 Å². The Morgan fingerprint density at radius 1 is 1.20 bits per heavy atom. The highest BCUT2D eigenvalue weighted by Crippen LogP contribution is 2.14. The summed E-state index contributed by atoms with van der Waals surface area (Å²) in [5.74, 6) is -2.58. The van der Waals surface area contributed by atoms with E-state index in [4.69, 9.17) is 10.2 Å². The summed E-state index contributed by atoms with van der Waals surface area (Å²) in [5.41, 5.74) is -0.432. The van der Waals surface area contributed by atoms with E-state index in [0.717, 1.165) is 0 Å². The molecule has 0 aliphatic heterocycles. The summed E-state index contributed by atoms with van der Waals surface area (Å²) < 4.78 is 1.45. The van der Waals surface area contributed by atoms with E-state index in [1.165, 1.54) is 22.9 Å². The van der Waals surface area contributed by atoms with Gasteiger partial charge in [-0.15, -0.1) is 0 Å². The number of carboxylic acids is 2. The largest absolute Gasteiger partial charge is 0.478 e. The normalized spacial score (nSPS) is 10.4. The highest BCUT2D eigenvalue weighted by Gasteiger charge is 2.20. The Morgan fingerprint density at radius 2 is 1.93 bits per heavy atom. The number of aromatic carboxylic acids is 2. The summed E-state index contributed by atoms with van der Waals surface area (Å²) in [7, 11) is 0. The van der Waals surface area contributed by atoms with Crippen LogP contribution in [0.4, 0.5) is 0 Å². The summed E-state index contributed by atoms with van der Waals surface area (Å²) in [6.07, 6.45) is 4.42. The lowest BCUT2D eigenvalue weighted by Crippen LogP contribution is -2.10. The molecule has 2 aromatic heterocycles. The second-order valence-electron chi connectivity index (χ2n) is 2.87. The van der Waals surface area contributed by atoms with Crippen molar-refractivity contribution in [2.75, 3.05) is 0 Å². The molecule has 0 saturated carbocycles. The van der Waals surface area contributed by atoms with Gasteiger partial charge in [-0.2, -0.15) is 0 Å². The molecule has 2 aromatic rings. The average molecular weight is 206 g/mol. The van der Waals surface area contributed by atoms with Crippen LogP contribution in [0.25, 0.3) is 5.65 Å². The molecule has 0 fully saturated rings. The van der Waals surface area contributed by atoms with Gasteiger partial charge in [-0.3, -0.25) is 0 Å². The zero-order chi connectivity index (χ0) is 11.0. The van der Waals surface area contributed by atoms with Crippen molar-refractivity contribution in [3.8, 4) is 0 Å². The average Bonchev–Trinajstić information content (AvgIpc) is 2.62. The summed E-state index contributed by atoms with van der Waals surface area (Å²) in [6.45, 7) is 0. The lowest BCUT2D eigenvalue weighted by molar-refractivity contribution is 0.0652. The molecular formula is C9H6N2O4. The maximum absolute atomic E-state index is 10.9. The standard InChI is InChI=1S/C9H6N2O4/c12-8(13)5-1-3-11-4-2-10-7(11)6(5)9(14)15/h1-4H,(H,12,13)(H,14,15). The highest BCUT2D eigenvalue weighted by atomic mass is 16.4. The summed E-state index contributed by atoms with van der Waals surface area (Å²) in [6, 6.07) is 1.24. The Bertz CT molecular complexity index is 558. The van der Waals surface area contributed by atoms with Crippen LogP contribution >= 0.6 is 0 Å². The number of carboxylic acid groups (broad SMARTS) is 2. The molecule has 0 unspecified atom stereocenters. The molecule has 76 valence electrons. The van der Waals surface area contributed by atoms with E-state index >= 15 is 0 Å². The predicted molar refractivity (Wildman–Crippen MR) is 49.1 cm³/mol. The number of carbonyl (C=O) groups is 2. The molecule has 0 atom stereocenters. The van der Waals surface area contributed by atoms with Gasteiger partial charge in [0.05, 0.1) is 5.56 Å². The first-order chi connectivity index (χ1) is 7.11. The van der Waals surface area contributed by atoms with Crippen LogP contribution in [-0.4, -0.2) is 31.5 Å². The molecule has 2 heterocycles. The van der Waals surface area contributed by atoms with Crippen LogP contribution < -0.4 is 0 Å². The van der Waals surface area contributed by atoms with E-state index < -0.39 is 11.9 Å². The first-order valence-corrected chi connectivity index (χ1v) is 4.03. The second kappa shape index (κ2) is 3.09. The van der Waals surface area contributed by atoms with Gasteiger partial charge in [0.1, 0.15) is 5.56 Å². The molecule has 0 spiro atoms. The van der Waals surface area contributed by atoms with Crippen LogP contribution in [0.2, 0.25) is 0 Å². The maximum atomic E-state index is 10.9. The number of hydrogen-bond acceptors (Lipinski definition) is 3. The number of pyridine rings is 1. The van der Waals surface area contributed by atoms with Gasteiger partial charge in [0.15, 0.2) is 5.65 Å². The Kier molecular flexibility index (Phi) is 1.89. The van der Waals surface area contributed by atoms with Crippen LogP contribution in [0.3, 0.4) is 0 Å². The molecular weight excluding hydrogens is 200 g/mol. The molecule has 0 saturated heterocycles. The fourth-order valence-electron chi connectivity index (χ4n) is 1.37. The first kappa shape index (κ1) is 9.20. The van der Waals surface area contributed by atoms with Gasteiger partial charge in [-0.25, -0.2) is 14.6 Å². The second-order valence-corrected chi connectivity index (χ2v) is 2.87. The maximum Gasteiger partial charge on any atom is 0.340 e. The zero-order valence-electron chi connectivity index (χ0n) is 7.41. The number of rotatable bonds is 2. The lowest BCUT2D eigenvalue weighted by atomic mass is 10.1. The van der Waals surface area contributed by atoms with Crippen molar-refractivity contribution < 1.29 is 19.8 Å². The predicted octanol–water partition coefficient (Wildman–Crippen LogP) is 0.731. The summed E-state index contributed by atoms with van der Waals surface area (Å²) in [5, 5.41) is 17.7. The van der Waals surface area contributed by atoms with Crippen molar-refractivity contribution in [1.82, 2.24) is 9.38 Å². The van der Waals surface area contributed by atoms with E-state index in [2.05, 4.69) is 4.98 Å². The minimum absolute atomic E-state index is 0.127. The van der Waals surface area contributed by atoms with Gasteiger partial charge < -0.3 is 14.6 Å². The van der Waals surface area contributed by atoms with E-state index in [9.17, 15) is 9.59 Å².